The Hall–Kier alpha value is -4.26. The molecule has 0 saturated carbocycles. The summed E-state index contributed by atoms with van der Waals surface area (Å²) in [5.74, 6) is 0.653. The minimum absolute atomic E-state index is 0.148. The van der Waals surface area contributed by atoms with E-state index >= 15 is 0 Å². The molecule has 1 atom stereocenters. The predicted octanol–water partition coefficient (Wildman–Crippen LogP) is 4.82. The van der Waals surface area contributed by atoms with E-state index in [0.717, 1.165) is 33.3 Å². The molecule has 3 aromatic carbocycles. The molecule has 0 bridgehead atoms. The van der Waals surface area contributed by atoms with Gasteiger partial charge in [0.25, 0.3) is 0 Å². The predicted molar refractivity (Wildman–Crippen MR) is 138 cm³/mol. The van der Waals surface area contributed by atoms with Crippen molar-refractivity contribution < 1.29 is 19.1 Å². The van der Waals surface area contributed by atoms with Gasteiger partial charge in [-0.3, -0.25) is 9.69 Å². The largest absolute Gasteiger partial charge is 0.489 e. The van der Waals surface area contributed by atoms with E-state index in [0.29, 0.717) is 32.5 Å². The molecular formula is C29H29N3O4. The molecule has 4 aromatic rings. The van der Waals surface area contributed by atoms with Crippen LogP contribution >= 0.6 is 0 Å². The Morgan fingerprint density at radius 2 is 1.67 bits per heavy atom. The molecule has 1 fully saturated rings. The van der Waals surface area contributed by atoms with Crippen LogP contribution in [0.15, 0.2) is 85.1 Å². The second-order valence-corrected chi connectivity index (χ2v) is 8.87. The lowest BCUT2D eigenvalue weighted by Gasteiger charge is -2.38. The molecule has 7 nitrogen and oxygen atoms in total. The molecule has 1 aromatic heterocycles. The van der Waals surface area contributed by atoms with Crippen LogP contribution in [0.1, 0.15) is 23.1 Å². The first kappa shape index (κ1) is 23.5. The third-order valence-corrected chi connectivity index (χ3v) is 6.44. The number of fused-ring (bicyclic) bond motifs is 1. The van der Waals surface area contributed by atoms with Gasteiger partial charge in [0.05, 0.1) is 0 Å². The summed E-state index contributed by atoms with van der Waals surface area (Å²) in [6.07, 6.45) is 2.82. The second kappa shape index (κ2) is 11.0. The standard InChI is InChI=1S/C29H29N3O4/c33-28(27-14-16-32(27)29(34)36-20-22-9-5-2-6-10-22)30-15-13-23-18-31-26-12-11-24(17-25(23)26)35-19-21-7-3-1-4-8-21/h1-12,17-18,27,31H,13-16,19-20H2,(H,30,33). The van der Waals surface area contributed by atoms with Gasteiger partial charge in [-0.15, -0.1) is 0 Å². The minimum Gasteiger partial charge on any atom is -0.489 e. The molecule has 2 heterocycles. The fourth-order valence-corrected chi connectivity index (χ4v) is 4.31. The number of likely N-dealkylation sites (tertiary alicyclic amines) is 1. The highest BCUT2D eigenvalue weighted by Crippen LogP contribution is 2.25. The second-order valence-electron chi connectivity index (χ2n) is 8.87. The number of aromatic nitrogens is 1. The summed E-state index contributed by atoms with van der Waals surface area (Å²) in [5, 5.41) is 4.05. The van der Waals surface area contributed by atoms with Gasteiger partial charge in [-0.25, -0.2) is 4.79 Å². The van der Waals surface area contributed by atoms with E-state index in [1.54, 1.807) is 0 Å². The molecule has 0 spiro atoms. The lowest BCUT2D eigenvalue weighted by atomic mass is 10.0. The number of carbonyl (C=O) groups excluding carboxylic acids is 2. The highest BCUT2D eigenvalue weighted by Gasteiger charge is 2.38. The summed E-state index contributed by atoms with van der Waals surface area (Å²) >= 11 is 0. The van der Waals surface area contributed by atoms with Gasteiger partial charge < -0.3 is 19.8 Å². The number of aromatic amines is 1. The number of H-pyrrole nitrogens is 1. The van der Waals surface area contributed by atoms with Gasteiger partial charge >= 0.3 is 6.09 Å². The molecule has 2 amide bonds. The number of hydrogen-bond acceptors (Lipinski definition) is 4. The van der Waals surface area contributed by atoms with Gasteiger partial charge in [0.1, 0.15) is 25.0 Å². The first-order valence-corrected chi connectivity index (χ1v) is 12.2. The number of nitrogens with zero attached hydrogens (tertiary/aromatic N) is 1. The molecule has 1 saturated heterocycles. The van der Waals surface area contributed by atoms with Crippen LogP contribution in [-0.2, 0) is 29.2 Å². The Morgan fingerprint density at radius 1 is 0.944 bits per heavy atom. The summed E-state index contributed by atoms with van der Waals surface area (Å²) in [6, 6.07) is 25.1. The van der Waals surface area contributed by atoms with Crippen molar-refractivity contribution >= 4 is 22.9 Å². The molecule has 0 radical (unpaired) electrons. The van der Waals surface area contributed by atoms with Crippen molar-refractivity contribution in [3.8, 4) is 5.75 Å². The lowest BCUT2D eigenvalue weighted by molar-refractivity contribution is -0.129. The zero-order valence-corrected chi connectivity index (χ0v) is 20.0. The lowest BCUT2D eigenvalue weighted by Crippen LogP contribution is -2.58. The third kappa shape index (κ3) is 5.51. The monoisotopic (exact) mass is 483 g/mol. The maximum atomic E-state index is 12.7. The molecule has 2 N–H and O–H groups in total. The van der Waals surface area contributed by atoms with Crippen LogP contribution < -0.4 is 10.1 Å². The van der Waals surface area contributed by atoms with Gasteiger partial charge in [0, 0.05) is 30.2 Å². The van der Waals surface area contributed by atoms with Crippen molar-refractivity contribution in [3.63, 3.8) is 0 Å². The summed E-state index contributed by atoms with van der Waals surface area (Å²) in [6.45, 7) is 1.71. The van der Waals surface area contributed by atoms with E-state index in [1.807, 2.05) is 85.1 Å². The number of amides is 2. The molecule has 5 rings (SSSR count). The topological polar surface area (TPSA) is 83.7 Å². The first-order valence-electron chi connectivity index (χ1n) is 12.2. The smallest absolute Gasteiger partial charge is 0.410 e. The van der Waals surface area contributed by atoms with Crippen LogP contribution in [0.25, 0.3) is 10.9 Å². The zero-order chi connectivity index (χ0) is 24.7. The van der Waals surface area contributed by atoms with Crippen LogP contribution in [0.5, 0.6) is 5.75 Å². The van der Waals surface area contributed by atoms with Crippen molar-refractivity contribution in [1.82, 2.24) is 15.2 Å². The number of carbonyl (C=O) groups is 2. The Labute approximate surface area is 210 Å². The average molecular weight is 484 g/mol. The maximum Gasteiger partial charge on any atom is 0.410 e. The Kier molecular flexibility index (Phi) is 7.17. The van der Waals surface area contributed by atoms with E-state index in [9.17, 15) is 9.59 Å². The van der Waals surface area contributed by atoms with Gasteiger partial charge in [-0.2, -0.15) is 0 Å². The maximum absolute atomic E-state index is 12.7. The summed E-state index contributed by atoms with van der Waals surface area (Å²) in [7, 11) is 0. The highest BCUT2D eigenvalue weighted by molar-refractivity contribution is 5.87. The first-order chi connectivity index (χ1) is 17.7. The van der Waals surface area contributed by atoms with Crippen molar-refractivity contribution in [1.29, 1.82) is 0 Å². The molecule has 184 valence electrons. The van der Waals surface area contributed by atoms with E-state index in [1.165, 1.54) is 4.90 Å². The zero-order valence-electron chi connectivity index (χ0n) is 20.0. The van der Waals surface area contributed by atoms with Gasteiger partial charge in [-0.1, -0.05) is 60.7 Å². The Bertz CT molecular complexity index is 1320. The number of rotatable bonds is 9. The fourth-order valence-electron chi connectivity index (χ4n) is 4.31. The third-order valence-electron chi connectivity index (χ3n) is 6.44. The molecule has 0 aliphatic carbocycles. The van der Waals surface area contributed by atoms with Gasteiger partial charge in [-0.05, 0) is 47.7 Å². The van der Waals surface area contributed by atoms with Crippen LogP contribution in [0.2, 0.25) is 0 Å². The molecule has 36 heavy (non-hydrogen) atoms. The van der Waals surface area contributed by atoms with Gasteiger partial charge in [0.2, 0.25) is 5.91 Å². The van der Waals surface area contributed by atoms with E-state index in [2.05, 4.69) is 10.3 Å². The van der Waals surface area contributed by atoms with Crippen LogP contribution in [0, 0.1) is 0 Å². The van der Waals surface area contributed by atoms with Crippen LogP contribution in [0.4, 0.5) is 4.79 Å². The SMILES string of the molecule is O=C(NCCc1c[nH]c2ccc(OCc3ccccc3)cc12)C1CCN1C(=O)OCc1ccccc1. The van der Waals surface area contributed by atoms with Crippen LogP contribution in [-0.4, -0.2) is 41.0 Å². The molecule has 1 unspecified atom stereocenters. The number of hydrogen-bond donors (Lipinski definition) is 2. The Morgan fingerprint density at radius 3 is 2.36 bits per heavy atom. The summed E-state index contributed by atoms with van der Waals surface area (Å²) < 4.78 is 11.3. The molecule has 1 aliphatic heterocycles. The number of ether oxygens (including phenoxy) is 2. The van der Waals surface area contributed by atoms with Crippen molar-refractivity contribution in [2.24, 2.45) is 0 Å². The number of nitrogens with one attached hydrogen (secondary N) is 2. The Balaban J connectivity index is 1.11. The van der Waals surface area contributed by atoms with Crippen LogP contribution in [0.3, 0.4) is 0 Å². The van der Waals surface area contributed by atoms with E-state index in [-0.39, 0.29) is 12.5 Å². The molecule has 1 aliphatic rings. The van der Waals surface area contributed by atoms with Gasteiger partial charge in [0.15, 0.2) is 0 Å². The highest BCUT2D eigenvalue weighted by atomic mass is 16.6. The molecular weight excluding hydrogens is 454 g/mol. The van der Waals surface area contributed by atoms with Crippen molar-refractivity contribution in [3.05, 3.63) is 102 Å². The summed E-state index contributed by atoms with van der Waals surface area (Å²) in [4.78, 5) is 29.9. The molecule has 7 heteroatoms. The van der Waals surface area contributed by atoms with Crippen molar-refractivity contribution in [2.45, 2.75) is 32.1 Å². The minimum atomic E-state index is -0.478. The summed E-state index contributed by atoms with van der Waals surface area (Å²) in [5.41, 5.74) is 4.15. The van der Waals surface area contributed by atoms with E-state index in [4.69, 9.17) is 9.47 Å². The van der Waals surface area contributed by atoms with E-state index < -0.39 is 12.1 Å². The quantitative estimate of drug-likeness (QED) is 0.358. The number of benzene rings is 3. The normalized spacial score (nSPS) is 14.8. The van der Waals surface area contributed by atoms with Crippen molar-refractivity contribution in [2.75, 3.05) is 13.1 Å². The fraction of sp³-hybridized carbons (Fsp3) is 0.241. The average Bonchev–Trinajstić information content (AvgIpc) is 3.29.